The maximum absolute atomic E-state index is 3.91. The molecule has 0 saturated heterocycles. The van der Waals surface area contributed by atoms with Crippen LogP contribution in [-0.4, -0.2) is 12.6 Å². The summed E-state index contributed by atoms with van der Waals surface area (Å²) < 4.78 is 0. The van der Waals surface area contributed by atoms with Crippen molar-refractivity contribution >= 4 is 0 Å². The second kappa shape index (κ2) is 7.47. The Morgan fingerprint density at radius 1 is 1.11 bits per heavy atom. The molecule has 0 aromatic rings. The van der Waals surface area contributed by atoms with Crippen molar-refractivity contribution in [2.24, 2.45) is 5.41 Å². The van der Waals surface area contributed by atoms with Crippen LogP contribution in [0.3, 0.4) is 0 Å². The molecule has 0 aliphatic heterocycles. The van der Waals surface area contributed by atoms with Crippen LogP contribution in [-0.2, 0) is 0 Å². The molecular formula is C18H33N. The van der Waals surface area contributed by atoms with Gasteiger partial charge in [-0.05, 0) is 56.9 Å². The summed E-state index contributed by atoms with van der Waals surface area (Å²) in [4.78, 5) is 0. The van der Waals surface area contributed by atoms with Gasteiger partial charge in [-0.2, -0.15) is 0 Å². The van der Waals surface area contributed by atoms with Crippen LogP contribution >= 0.6 is 0 Å². The minimum absolute atomic E-state index is 0.517. The zero-order valence-electron chi connectivity index (χ0n) is 13.1. The van der Waals surface area contributed by atoms with E-state index in [1.165, 1.54) is 77.2 Å². The molecular weight excluding hydrogens is 230 g/mol. The van der Waals surface area contributed by atoms with Gasteiger partial charge in [0.05, 0.1) is 0 Å². The van der Waals surface area contributed by atoms with Crippen LogP contribution in [0.4, 0.5) is 0 Å². The first-order chi connectivity index (χ1) is 9.26. The quantitative estimate of drug-likeness (QED) is 0.671. The summed E-state index contributed by atoms with van der Waals surface area (Å²) in [5, 5.41) is 3.91. The lowest BCUT2D eigenvalue weighted by Gasteiger charge is -2.43. The Bertz CT molecular complexity index is 286. The lowest BCUT2D eigenvalue weighted by atomic mass is 9.68. The largest absolute Gasteiger partial charge is 0.310 e. The van der Waals surface area contributed by atoms with E-state index in [1.54, 1.807) is 5.57 Å². The van der Waals surface area contributed by atoms with Gasteiger partial charge in [0, 0.05) is 6.04 Å². The SMILES string of the molecule is CCCNC(C1=CCCCCC1)C1(C)CCCCC1. The van der Waals surface area contributed by atoms with Crippen LogP contribution in [0.2, 0.25) is 0 Å². The van der Waals surface area contributed by atoms with Crippen molar-refractivity contribution in [3.63, 3.8) is 0 Å². The molecule has 1 saturated carbocycles. The summed E-state index contributed by atoms with van der Waals surface area (Å²) in [5.41, 5.74) is 2.26. The Kier molecular flexibility index (Phi) is 5.94. The fraction of sp³-hybridized carbons (Fsp3) is 0.889. The zero-order valence-corrected chi connectivity index (χ0v) is 13.1. The number of rotatable bonds is 5. The molecule has 2 aliphatic rings. The Hall–Kier alpha value is -0.300. The van der Waals surface area contributed by atoms with Crippen LogP contribution in [0, 0.1) is 5.41 Å². The lowest BCUT2D eigenvalue weighted by Crippen LogP contribution is -2.46. The van der Waals surface area contributed by atoms with Crippen LogP contribution < -0.4 is 5.32 Å². The van der Waals surface area contributed by atoms with Crippen molar-refractivity contribution in [3.8, 4) is 0 Å². The fourth-order valence-corrected chi connectivity index (χ4v) is 4.06. The molecule has 2 aliphatic carbocycles. The molecule has 1 atom stereocenters. The molecule has 0 radical (unpaired) electrons. The highest BCUT2D eigenvalue weighted by Gasteiger charge is 2.36. The van der Waals surface area contributed by atoms with Crippen molar-refractivity contribution in [1.29, 1.82) is 0 Å². The van der Waals surface area contributed by atoms with Gasteiger partial charge in [0.25, 0.3) is 0 Å². The topological polar surface area (TPSA) is 12.0 Å². The number of nitrogens with one attached hydrogen (secondary N) is 1. The van der Waals surface area contributed by atoms with E-state index in [1.807, 2.05) is 0 Å². The lowest BCUT2D eigenvalue weighted by molar-refractivity contribution is 0.161. The molecule has 0 amide bonds. The van der Waals surface area contributed by atoms with Crippen LogP contribution in [0.15, 0.2) is 11.6 Å². The molecule has 0 heterocycles. The van der Waals surface area contributed by atoms with Gasteiger partial charge in [-0.3, -0.25) is 0 Å². The average molecular weight is 263 g/mol. The maximum Gasteiger partial charge on any atom is 0.0333 e. The summed E-state index contributed by atoms with van der Waals surface area (Å²) in [7, 11) is 0. The molecule has 1 N–H and O–H groups in total. The molecule has 19 heavy (non-hydrogen) atoms. The highest BCUT2D eigenvalue weighted by atomic mass is 14.9. The van der Waals surface area contributed by atoms with Gasteiger partial charge in [-0.1, -0.05) is 51.2 Å². The van der Waals surface area contributed by atoms with Crippen molar-refractivity contribution in [2.45, 2.75) is 90.5 Å². The molecule has 2 rings (SSSR count). The molecule has 110 valence electrons. The molecule has 0 spiro atoms. The Labute approximate surface area is 120 Å². The first kappa shape index (κ1) is 15.1. The number of hydrogen-bond donors (Lipinski definition) is 1. The van der Waals surface area contributed by atoms with Crippen molar-refractivity contribution in [2.75, 3.05) is 6.54 Å². The molecule has 0 aromatic heterocycles. The van der Waals surface area contributed by atoms with Gasteiger partial charge in [0.1, 0.15) is 0 Å². The van der Waals surface area contributed by atoms with Crippen LogP contribution in [0.5, 0.6) is 0 Å². The predicted molar refractivity (Wildman–Crippen MR) is 84.4 cm³/mol. The third-order valence-corrected chi connectivity index (χ3v) is 5.24. The van der Waals surface area contributed by atoms with Crippen molar-refractivity contribution in [1.82, 2.24) is 5.32 Å². The predicted octanol–water partition coefficient (Wildman–Crippen LogP) is 5.22. The molecule has 0 aromatic carbocycles. The van der Waals surface area contributed by atoms with E-state index in [9.17, 15) is 0 Å². The minimum atomic E-state index is 0.517. The van der Waals surface area contributed by atoms with Gasteiger partial charge in [-0.25, -0.2) is 0 Å². The van der Waals surface area contributed by atoms with E-state index in [-0.39, 0.29) is 0 Å². The van der Waals surface area contributed by atoms with E-state index >= 15 is 0 Å². The standard InChI is InChI=1S/C18H33N/c1-3-15-19-17(16-11-7-4-5-8-12-16)18(2)13-9-6-10-14-18/h11,17,19H,3-10,12-15H2,1-2H3. The van der Waals surface area contributed by atoms with Gasteiger partial charge in [-0.15, -0.1) is 0 Å². The van der Waals surface area contributed by atoms with E-state index < -0.39 is 0 Å². The van der Waals surface area contributed by atoms with E-state index in [4.69, 9.17) is 0 Å². The van der Waals surface area contributed by atoms with Gasteiger partial charge >= 0.3 is 0 Å². The van der Waals surface area contributed by atoms with Gasteiger partial charge < -0.3 is 5.32 Å². The number of allylic oxidation sites excluding steroid dienone is 1. The molecule has 1 heteroatoms. The zero-order chi connectivity index (χ0) is 13.6. The Morgan fingerprint density at radius 3 is 2.58 bits per heavy atom. The number of hydrogen-bond acceptors (Lipinski definition) is 1. The van der Waals surface area contributed by atoms with E-state index in [0.29, 0.717) is 11.5 Å². The average Bonchev–Trinajstić information content (AvgIpc) is 2.69. The molecule has 1 nitrogen and oxygen atoms in total. The van der Waals surface area contributed by atoms with Crippen molar-refractivity contribution in [3.05, 3.63) is 11.6 Å². The normalized spacial score (nSPS) is 25.5. The molecule has 0 bridgehead atoms. The minimum Gasteiger partial charge on any atom is -0.310 e. The highest BCUT2D eigenvalue weighted by molar-refractivity contribution is 5.17. The van der Waals surface area contributed by atoms with E-state index in [2.05, 4.69) is 25.2 Å². The second-order valence-corrected chi connectivity index (χ2v) is 6.98. The third kappa shape index (κ3) is 4.08. The van der Waals surface area contributed by atoms with Crippen LogP contribution in [0.1, 0.15) is 84.5 Å². The Morgan fingerprint density at radius 2 is 1.84 bits per heavy atom. The summed E-state index contributed by atoms with van der Waals surface area (Å²) >= 11 is 0. The molecule has 1 fully saturated rings. The maximum atomic E-state index is 3.91. The monoisotopic (exact) mass is 263 g/mol. The third-order valence-electron chi connectivity index (χ3n) is 5.24. The first-order valence-corrected chi connectivity index (χ1v) is 8.68. The van der Waals surface area contributed by atoms with Crippen molar-refractivity contribution < 1.29 is 0 Å². The van der Waals surface area contributed by atoms with Crippen LogP contribution in [0.25, 0.3) is 0 Å². The summed E-state index contributed by atoms with van der Waals surface area (Å²) in [6.45, 7) is 6.01. The molecule has 1 unspecified atom stereocenters. The fourth-order valence-electron chi connectivity index (χ4n) is 4.06. The first-order valence-electron chi connectivity index (χ1n) is 8.68. The second-order valence-electron chi connectivity index (χ2n) is 6.98. The van der Waals surface area contributed by atoms with Gasteiger partial charge in [0.15, 0.2) is 0 Å². The van der Waals surface area contributed by atoms with E-state index in [0.717, 1.165) is 0 Å². The summed E-state index contributed by atoms with van der Waals surface area (Å²) in [6, 6.07) is 0.658. The summed E-state index contributed by atoms with van der Waals surface area (Å²) in [5.74, 6) is 0. The summed E-state index contributed by atoms with van der Waals surface area (Å²) in [6.07, 6.45) is 17.9. The smallest absolute Gasteiger partial charge is 0.0333 e. The van der Waals surface area contributed by atoms with Gasteiger partial charge in [0.2, 0.25) is 0 Å². The highest BCUT2D eigenvalue weighted by Crippen LogP contribution is 2.42. The Balaban J connectivity index is 2.11.